The van der Waals surface area contributed by atoms with Crippen molar-refractivity contribution < 1.29 is 9.72 Å². The van der Waals surface area contributed by atoms with Crippen molar-refractivity contribution in [2.75, 3.05) is 0 Å². The maximum atomic E-state index is 12.4. The number of carbonyl (C=O) groups is 1. The highest BCUT2D eigenvalue weighted by molar-refractivity contribution is 7.11. The first-order valence-electron chi connectivity index (χ1n) is 7.81. The molecule has 0 aliphatic carbocycles. The van der Waals surface area contributed by atoms with Crippen molar-refractivity contribution in [3.05, 3.63) is 56.2 Å². The van der Waals surface area contributed by atoms with E-state index in [1.165, 1.54) is 12.1 Å². The Balaban J connectivity index is 1.73. The van der Waals surface area contributed by atoms with E-state index in [0.717, 1.165) is 26.5 Å². The molecule has 1 N–H and O–H groups in total. The SMILES string of the molecule is Cc1nc(C)c(C(C)NC(=O)Cn2ccc3cc([N+](=O)[O-])ccc32)s1. The van der Waals surface area contributed by atoms with Gasteiger partial charge < -0.3 is 9.88 Å². The molecule has 130 valence electrons. The van der Waals surface area contributed by atoms with E-state index in [1.807, 2.05) is 20.8 Å². The predicted octanol–water partition coefficient (Wildman–Crippen LogP) is 3.50. The molecule has 2 aromatic heterocycles. The summed E-state index contributed by atoms with van der Waals surface area (Å²) in [5.41, 5.74) is 1.77. The van der Waals surface area contributed by atoms with Crippen LogP contribution in [0.15, 0.2) is 30.5 Å². The molecule has 0 fully saturated rings. The number of carbonyl (C=O) groups excluding carboxylic acids is 1. The number of aryl methyl sites for hydroxylation is 2. The van der Waals surface area contributed by atoms with Crippen LogP contribution < -0.4 is 5.32 Å². The largest absolute Gasteiger partial charge is 0.347 e. The summed E-state index contributed by atoms with van der Waals surface area (Å²) in [4.78, 5) is 28.2. The molecule has 0 aliphatic rings. The highest BCUT2D eigenvalue weighted by Crippen LogP contribution is 2.25. The van der Waals surface area contributed by atoms with Gasteiger partial charge in [0.2, 0.25) is 5.91 Å². The minimum Gasteiger partial charge on any atom is -0.347 e. The van der Waals surface area contributed by atoms with Crippen LogP contribution in [-0.2, 0) is 11.3 Å². The normalized spacial score (nSPS) is 12.3. The van der Waals surface area contributed by atoms with E-state index in [-0.39, 0.29) is 24.2 Å². The van der Waals surface area contributed by atoms with Crippen molar-refractivity contribution in [2.24, 2.45) is 0 Å². The third kappa shape index (κ3) is 3.53. The molecular formula is C17H18N4O3S. The molecule has 25 heavy (non-hydrogen) atoms. The fourth-order valence-electron chi connectivity index (χ4n) is 2.90. The van der Waals surface area contributed by atoms with Gasteiger partial charge in [0.05, 0.1) is 21.7 Å². The molecule has 3 rings (SSSR count). The van der Waals surface area contributed by atoms with Crippen molar-refractivity contribution >= 4 is 33.8 Å². The molecule has 0 spiro atoms. The van der Waals surface area contributed by atoms with E-state index < -0.39 is 4.92 Å². The average Bonchev–Trinajstić information content (AvgIpc) is 3.09. The summed E-state index contributed by atoms with van der Waals surface area (Å²) in [6.45, 7) is 5.98. The van der Waals surface area contributed by atoms with Gasteiger partial charge in [0.1, 0.15) is 6.54 Å². The lowest BCUT2D eigenvalue weighted by molar-refractivity contribution is -0.384. The lowest BCUT2D eigenvalue weighted by Gasteiger charge is -2.13. The predicted molar refractivity (Wildman–Crippen MR) is 96.7 cm³/mol. The first-order chi connectivity index (χ1) is 11.8. The van der Waals surface area contributed by atoms with Gasteiger partial charge in [-0.3, -0.25) is 14.9 Å². The van der Waals surface area contributed by atoms with Crippen LogP contribution in [0.5, 0.6) is 0 Å². The number of nitro benzene ring substituents is 1. The summed E-state index contributed by atoms with van der Waals surface area (Å²) in [7, 11) is 0. The maximum Gasteiger partial charge on any atom is 0.270 e. The molecule has 2 heterocycles. The fourth-order valence-corrected chi connectivity index (χ4v) is 3.83. The standard InChI is InChI=1S/C17H18N4O3S/c1-10-17(25-12(3)18-10)11(2)19-16(22)9-20-7-6-13-8-14(21(23)24)4-5-15(13)20/h4-8,11H,9H2,1-3H3,(H,19,22). The Morgan fingerprint density at radius 3 is 2.80 bits per heavy atom. The summed E-state index contributed by atoms with van der Waals surface area (Å²) in [5, 5.41) is 15.5. The number of rotatable bonds is 5. The number of hydrogen-bond donors (Lipinski definition) is 1. The number of nitro groups is 1. The summed E-state index contributed by atoms with van der Waals surface area (Å²) < 4.78 is 1.78. The van der Waals surface area contributed by atoms with Gasteiger partial charge in [-0.1, -0.05) is 0 Å². The third-order valence-electron chi connectivity index (χ3n) is 3.99. The van der Waals surface area contributed by atoms with Crippen molar-refractivity contribution in [3.8, 4) is 0 Å². The Kier molecular flexibility index (Phi) is 4.54. The van der Waals surface area contributed by atoms with E-state index in [0.29, 0.717) is 0 Å². The van der Waals surface area contributed by atoms with Gasteiger partial charge >= 0.3 is 0 Å². The number of hydrogen-bond acceptors (Lipinski definition) is 5. The molecule has 0 saturated carbocycles. The van der Waals surface area contributed by atoms with Gasteiger partial charge in [-0.25, -0.2) is 4.98 Å². The molecule has 0 radical (unpaired) electrons. The lowest BCUT2D eigenvalue weighted by atomic mass is 10.2. The number of fused-ring (bicyclic) bond motifs is 1. The van der Waals surface area contributed by atoms with E-state index in [9.17, 15) is 14.9 Å². The van der Waals surface area contributed by atoms with Gasteiger partial charge in [-0.2, -0.15) is 0 Å². The number of aromatic nitrogens is 2. The summed E-state index contributed by atoms with van der Waals surface area (Å²) in [6.07, 6.45) is 1.76. The number of benzene rings is 1. The number of non-ortho nitro benzene ring substituents is 1. The minimum atomic E-state index is -0.426. The Bertz CT molecular complexity index is 960. The molecular weight excluding hydrogens is 340 g/mol. The van der Waals surface area contributed by atoms with Crippen LogP contribution in [-0.4, -0.2) is 20.4 Å². The first-order valence-corrected chi connectivity index (χ1v) is 8.63. The molecule has 1 amide bonds. The second-order valence-corrected chi connectivity index (χ2v) is 7.15. The Labute approximate surface area is 148 Å². The maximum absolute atomic E-state index is 12.4. The van der Waals surface area contributed by atoms with Crippen molar-refractivity contribution in [1.82, 2.24) is 14.9 Å². The topological polar surface area (TPSA) is 90.1 Å². The Morgan fingerprint density at radius 2 is 2.16 bits per heavy atom. The van der Waals surface area contributed by atoms with Crippen LogP contribution in [0.3, 0.4) is 0 Å². The number of thiazole rings is 1. The fraction of sp³-hybridized carbons (Fsp3) is 0.294. The number of amides is 1. The lowest BCUT2D eigenvalue weighted by Crippen LogP contribution is -2.29. The smallest absolute Gasteiger partial charge is 0.270 e. The van der Waals surface area contributed by atoms with E-state index in [2.05, 4.69) is 10.3 Å². The van der Waals surface area contributed by atoms with Gasteiger partial charge in [-0.05, 0) is 32.9 Å². The van der Waals surface area contributed by atoms with Crippen LogP contribution >= 0.6 is 11.3 Å². The highest BCUT2D eigenvalue weighted by atomic mass is 32.1. The summed E-state index contributed by atoms with van der Waals surface area (Å²) in [5.74, 6) is -0.117. The molecule has 8 heteroatoms. The van der Waals surface area contributed by atoms with Gasteiger partial charge in [0.15, 0.2) is 0 Å². The minimum absolute atomic E-state index is 0.0411. The van der Waals surface area contributed by atoms with Gasteiger partial charge in [0.25, 0.3) is 5.69 Å². The highest BCUT2D eigenvalue weighted by Gasteiger charge is 2.16. The monoisotopic (exact) mass is 358 g/mol. The van der Waals surface area contributed by atoms with E-state index in [1.54, 1.807) is 34.2 Å². The second kappa shape index (κ2) is 6.64. The first kappa shape index (κ1) is 17.1. The molecule has 7 nitrogen and oxygen atoms in total. The van der Waals surface area contributed by atoms with Crippen molar-refractivity contribution in [3.63, 3.8) is 0 Å². The molecule has 1 atom stereocenters. The van der Waals surface area contributed by atoms with Gasteiger partial charge in [-0.15, -0.1) is 11.3 Å². The molecule has 0 aliphatic heterocycles. The summed E-state index contributed by atoms with van der Waals surface area (Å²) in [6, 6.07) is 6.29. The molecule has 1 aromatic carbocycles. The van der Waals surface area contributed by atoms with Crippen molar-refractivity contribution in [1.29, 1.82) is 0 Å². The van der Waals surface area contributed by atoms with E-state index >= 15 is 0 Å². The molecule has 3 aromatic rings. The third-order valence-corrected chi connectivity index (χ3v) is 5.25. The zero-order valence-electron chi connectivity index (χ0n) is 14.1. The van der Waals surface area contributed by atoms with Crippen LogP contribution in [0.1, 0.15) is 28.5 Å². The average molecular weight is 358 g/mol. The number of nitrogens with zero attached hydrogens (tertiary/aromatic N) is 3. The van der Waals surface area contributed by atoms with Crippen LogP contribution in [0.25, 0.3) is 10.9 Å². The molecule has 0 saturated heterocycles. The molecule has 0 bridgehead atoms. The van der Waals surface area contributed by atoms with Gasteiger partial charge in [0, 0.05) is 34.1 Å². The quantitative estimate of drug-likeness (QED) is 0.558. The van der Waals surface area contributed by atoms with E-state index in [4.69, 9.17) is 0 Å². The summed E-state index contributed by atoms with van der Waals surface area (Å²) >= 11 is 1.58. The van der Waals surface area contributed by atoms with Crippen molar-refractivity contribution in [2.45, 2.75) is 33.4 Å². The number of nitrogens with one attached hydrogen (secondary N) is 1. The van der Waals surface area contributed by atoms with Crippen LogP contribution in [0.4, 0.5) is 5.69 Å². The Morgan fingerprint density at radius 1 is 1.40 bits per heavy atom. The Hall–Kier alpha value is -2.74. The van der Waals surface area contributed by atoms with Crippen LogP contribution in [0, 0.1) is 24.0 Å². The second-order valence-electron chi connectivity index (χ2n) is 5.92. The van der Waals surface area contributed by atoms with Crippen LogP contribution in [0.2, 0.25) is 0 Å². The molecule has 1 unspecified atom stereocenters. The zero-order chi connectivity index (χ0) is 18.1. The zero-order valence-corrected chi connectivity index (χ0v) is 15.0.